The highest BCUT2D eigenvalue weighted by molar-refractivity contribution is 5.84. The minimum absolute atomic E-state index is 0.904. The Morgan fingerprint density at radius 2 is 1.88 bits per heavy atom. The largest absolute Gasteiger partial charge is 0.497 e. The minimum atomic E-state index is 0.904. The molecule has 4 heteroatoms. The van der Waals surface area contributed by atoms with Crippen LogP contribution < -0.4 is 15.4 Å². The Morgan fingerprint density at radius 1 is 1.00 bits per heavy atom. The van der Waals surface area contributed by atoms with Crippen LogP contribution in [0.3, 0.4) is 0 Å². The van der Waals surface area contributed by atoms with Crippen molar-refractivity contribution in [2.75, 3.05) is 26.7 Å². The summed E-state index contributed by atoms with van der Waals surface area (Å²) in [7, 11) is 1.71. The summed E-state index contributed by atoms with van der Waals surface area (Å²) in [6, 6.07) is 14.8. The van der Waals surface area contributed by atoms with Gasteiger partial charge in [0, 0.05) is 36.7 Å². The first-order chi connectivity index (χ1) is 12.3. The number of hydrogen-bond donors (Lipinski definition) is 3. The molecular weight excluding hydrogens is 310 g/mol. The fourth-order valence-electron chi connectivity index (χ4n) is 3.07. The molecule has 132 valence electrons. The van der Waals surface area contributed by atoms with Crippen LogP contribution in [0.2, 0.25) is 0 Å². The lowest BCUT2D eigenvalue weighted by Gasteiger charge is -2.07. The lowest BCUT2D eigenvalue weighted by molar-refractivity contribution is 0.415. The average molecular weight is 337 g/mol. The number of hydrogen-bond acceptors (Lipinski definition) is 3. The zero-order chi connectivity index (χ0) is 17.5. The van der Waals surface area contributed by atoms with Crippen LogP contribution in [0.15, 0.2) is 48.7 Å². The van der Waals surface area contributed by atoms with E-state index in [1.807, 2.05) is 6.07 Å². The number of methoxy groups -OCH3 is 1. The summed E-state index contributed by atoms with van der Waals surface area (Å²) in [5.41, 5.74) is 5.14. The summed E-state index contributed by atoms with van der Waals surface area (Å²) in [5.74, 6) is 0.904. The average Bonchev–Trinajstić information content (AvgIpc) is 3.03. The van der Waals surface area contributed by atoms with Crippen molar-refractivity contribution in [3.05, 3.63) is 65.4 Å². The molecule has 0 radical (unpaired) electrons. The molecule has 3 rings (SSSR count). The summed E-state index contributed by atoms with van der Waals surface area (Å²) < 4.78 is 5.32. The fraction of sp³-hybridized carbons (Fsp3) is 0.333. The number of aromatic amines is 1. The first kappa shape index (κ1) is 17.5. The third-order valence-corrected chi connectivity index (χ3v) is 4.44. The molecule has 0 atom stereocenters. The Balaban J connectivity index is 1.37. The summed E-state index contributed by atoms with van der Waals surface area (Å²) >= 11 is 0. The maximum atomic E-state index is 5.32. The van der Waals surface area contributed by atoms with Gasteiger partial charge in [-0.3, -0.25) is 0 Å². The number of nitrogens with one attached hydrogen (secondary N) is 3. The normalized spacial score (nSPS) is 11.1. The Labute approximate surface area is 149 Å². The molecule has 1 aromatic heterocycles. The number of benzene rings is 2. The second-order valence-electron chi connectivity index (χ2n) is 6.39. The van der Waals surface area contributed by atoms with Crippen LogP contribution in [0.5, 0.6) is 5.75 Å². The fourth-order valence-corrected chi connectivity index (χ4v) is 3.07. The van der Waals surface area contributed by atoms with Gasteiger partial charge in [0.25, 0.3) is 0 Å². The van der Waals surface area contributed by atoms with Gasteiger partial charge in [-0.2, -0.15) is 0 Å². The second-order valence-corrected chi connectivity index (χ2v) is 6.39. The zero-order valence-corrected chi connectivity index (χ0v) is 15.1. The molecule has 0 fully saturated rings. The van der Waals surface area contributed by atoms with E-state index in [1.165, 1.54) is 22.1 Å². The zero-order valence-electron chi connectivity index (χ0n) is 15.1. The van der Waals surface area contributed by atoms with Gasteiger partial charge in [-0.15, -0.1) is 0 Å². The predicted octanol–water partition coefficient (Wildman–Crippen LogP) is 3.41. The molecule has 0 saturated heterocycles. The Morgan fingerprint density at radius 3 is 2.72 bits per heavy atom. The highest BCUT2D eigenvalue weighted by Crippen LogP contribution is 2.23. The molecule has 1 heterocycles. The number of aryl methyl sites for hydroxylation is 1. The third kappa shape index (κ3) is 4.84. The number of H-pyrrole nitrogens is 1. The smallest absolute Gasteiger partial charge is 0.119 e. The molecule has 0 unspecified atom stereocenters. The van der Waals surface area contributed by atoms with E-state index >= 15 is 0 Å². The minimum Gasteiger partial charge on any atom is -0.497 e. The number of ether oxygens (including phenoxy) is 1. The molecule has 25 heavy (non-hydrogen) atoms. The maximum Gasteiger partial charge on any atom is 0.119 e. The first-order valence-corrected chi connectivity index (χ1v) is 8.87. The van der Waals surface area contributed by atoms with Gasteiger partial charge >= 0.3 is 0 Å². The van der Waals surface area contributed by atoms with E-state index in [4.69, 9.17) is 4.74 Å². The van der Waals surface area contributed by atoms with E-state index < -0.39 is 0 Å². The van der Waals surface area contributed by atoms with Crippen LogP contribution >= 0.6 is 0 Å². The number of aromatic nitrogens is 1. The summed E-state index contributed by atoms with van der Waals surface area (Å²) in [5, 5.41) is 8.24. The highest BCUT2D eigenvalue weighted by Gasteiger charge is 2.04. The molecule has 3 aromatic rings. The monoisotopic (exact) mass is 337 g/mol. The quantitative estimate of drug-likeness (QED) is 0.525. The number of rotatable bonds is 9. The van der Waals surface area contributed by atoms with E-state index in [2.05, 4.69) is 65.1 Å². The first-order valence-electron chi connectivity index (χ1n) is 8.87. The van der Waals surface area contributed by atoms with Gasteiger partial charge < -0.3 is 20.4 Å². The molecule has 0 aliphatic heterocycles. The van der Waals surface area contributed by atoms with E-state index in [0.717, 1.165) is 43.9 Å². The summed E-state index contributed by atoms with van der Waals surface area (Å²) in [6.45, 7) is 5.96. The van der Waals surface area contributed by atoms with E-state index in [9.17, 15) is 0 Å². The van der Waals surface area contributed by atoms with Crippen molar-refractivity contribution in [1.82, 2.24) is 15.6 Å². The topological polar surface area (TPSA) is 49.1 Å². The predicted molar refractivity (Wildman–Crippen MR) is 104 cm³/mol. The molecule has 0 bridgehead atoms. The summed E-state index contributed by atoms with van der Waals surface area (Å²) in [4.78, 5) is 3.33. The standard InChI is InChI=1S/C21H27N3O/c1-16-4-3-5-17(12-16)14-23-11-10-22-9-8-18-15-24-21-7-6-19(25-2)13-20(18)21/h3-7,12-13,15,22-24H,8-11,14H2,1-2H3. The molecule has 0 saturated carbocycles. The van der Waals surface area contributed by atoms with Crippen LogP contribution in [0, 0.1) is 6.92 Å². The molecular formula is C21H27N3O. The van der Waals surface area contributed by atoms with Crippen molar-refractivity contribution in [3.63, 3.8) is 0 Å². The van der Waals surface area contributed by atoms with E-state index in [1.54, 1.807) is 7.11 Å². The van der Waals surface area contributed by atoms with E-state index in [-0.39, 0.29) is 0 Å². The van der Waals surface area contributed by atoms with Crippen LogP contribution in [0.25, 0.3) is 10.9 Å². The Bertz CT molecular complexity index is 810. The van der Waals surface area contributed by atoms with Gasteiger partial charge in [0.15, 0.2) is 0 Å². The Hall–Kier alpha value is -2.30. The van der Waals surface area contributed by atoms with Gasteiger partial charge in [0.05, 0.1) is 7.11 Å². The second kappa shape index (κ2) is 8.70. The van der Waals surface area contributed by atoms with Crippen molar-refractivity contribution >= 4 is 10.9 Å². The van der Waals surface area contributed by atoms with Gasteiger partial charge in [-0.1, -0.05) is 29.8 Å². The maximum absolute atomic E-state index is 5.32. The van der Waals surface area contributed by atoms with Gasteiger partial charge in [0.2, 0.25) is 0 Å². The molecule has 0 aliphatic rings. The van der Waals surface area contributed by atoms with Crippen molar-refractivity contribution < 1.29 is 4.74 Å². The van der Waals surface area contributed by atoms with Gasteiger partial charge in [-0.25, -0.2) is 0 Å². The van der Waals surface area contributed by atoms with Gasteiger partial charge in [-0.05, 0) is 49.2 Å². The van der Waals surface area contributed by atoms with Crippen molar-refractivity contribution in [1.29, 1.82) is 0 Å². The van der Waals surface area contributed by atoms with Crippen LogP contribution in [0.1, 0.15) is 16.7 Å². The van der Waals surface area contributed by atoms with Crippen LogP contribution in [-0.2, 0) is 13.0 Å². The molecule has 3 N–H and O–H groups in total. The molecule has 0 spiro atoms. The van der Waals surface area contributed by atoms with Crippen LogP contribution in [-0.4, -0.2) is 31.7 Å². The SMILES string of the molecule is COc1ccc2[nH]cc(CCNCCNCc3cccc(C)c3)c2c1. The Kier molecular flexibility index (Phi) is 6.09. The molecule has 0 amide bonds. The van der Waals surface area contributed by atoms with Crippen LogP contribution in [0.4, 0.5) is 0 Å². The lowest BCUT2D eigenvalue weighted by atomic mass is 10.1. The van der Waals surface area contributed by atoms with Crippen molar-refractivity contribution in [3.8, 4) is 5.75 Å². The van der Waals surface area contributed by atoms with Crippen molar-refractivity contribution in [2.45, 2.75) is 19.9 Å². The third-order valence-electron chi connectivity index (χ3n) is 4.44. The molecule has 0 aliphatic carbocycles. The lowest BCUT2D eigenvalue weighted by Crippen LogP contribution is -2.28. The number of fused-ring (bicyclic) bond motifs is 1. The molecule has 4 nitrogen and oxygen atoms in total. The highest BCUT2D eigenvalue weighted by atomic mass is 16.5. The van der Waals surface area contributed by atoms with Crippen molar-refractivity contribution in [2.24, 2.45) is 0 Å². The molecule has 2 aromatic carbocycles. The van der Waals surface area contributed by atoms with E-state index in [0.29, 0.717) is 0 Å². The summed E-state index contributed by atoms with van der Waals surface area (Å²) in [6.07, 6.45) is 3.10. The van der Waals surface area contributed by atoms with Gasteiger partial charge in [0.1, 0.15) is 5.75 Å².